The van der Waals surface area contributed by atoms with Gasteiger partial charge in [-0.1, -0.05) is 18.7 Å². The van der Waals surface area contributed by atoms with Gasteiger partial charge in [0.15, 0.2) is 0 Å². The van der Waals surface area contributed by atoms with Gasteiger partial charge in [0, 0.05) is 5.69 Å². The van der Waals surface area contributed by atoms with E-state index in [0.717, 1.165) is 15.9 Å². The molecule has 0 saturated heterocycles. The molecule has 1 aromatic rings. The third-order valence-electron chi connectivity index (χ3n) is 1.31. The Labute approximate surface area is 68.9 Å². The Kier molecular flexibility index (Phi) is 2.22. The van der Waals surface area contributed by atoms with Crippen LogP contribution in [0.2, 0.25) is 0 Å². The van der Waals surface area contributed by atoms with Gasteiger partial charge in [0.05, 0.1) is 0 Å². The van der Waals surface area contributed by atoms with Gasteiger partial charge in [-0.25, -0.2) is 4.98 Å². The number of rotatable bonds is 1. The number of aryl methyl sites for hydroxylation is 1. The molecule has 0 aliphatic heterocycles. The molecule has 0 amide bonds. The summed E-state index contributed by atoms with van der Waals surface area (Å²) in [6, 6.07) is 3.89. The highest BCUT2D eigenvalue weighted by molar-refractivity contribution is 9.10. The van der Waals surface area contributed by atoms with Gasteiger partial charge >= 0.3 is 0 Å². The van der Waals surface area contributed by atoms with Crippen LogP contribution in [0.3, 0.4) is 0 Å². The quantitative estimate of drug-likeness (QED) is 0.632. The van der Waals surface area contributed by atoms with Gasteiger partial charge < -0.3 is 0 Å². The van der Waals surface area contributed by atoms with Crippen molar-refractivity contribution < 1.29 is 0 Å². The monoisotopic (exact) mass is 197 g/mol. The van der Waals surface area contributed by atoms with Crippen LogP contribution < -0.4 is 0 Å². The van der Waals surface area contributed by atoms with Crippen LogP contribution in [-0.4, -0.2) is 4.98 Å². The summed E-state index contributed by atoms with van der Waals surface area (Å²) in [4.78, 5) is 4.19. The van der Waals surface area contributed by atoms with Gasteiger partial charge in [-0.2, -0.15) is 0 Å². The topological polar surface area (TPSA) is 12.9 Å². The summed E-state index contributed by atoms with van der Waals surface area (Å²) < 4.78 is 0.871. The van der Waals surface area contributed by atoms with Gasteiger partial charge in [0.25, 0.3) is 0 Å². The second-order valence-corrected chi connectivity index (χ2v) is 2.83. The van der Waals surface area contributed by atoms with Gasteiger partial charge in [-0.05, 0) is 34.5 Å². The summed E-state index contributed by atoms with van der Waals surface area (Å²) in [5.41, 5.74) is 2.09. The third-order valence-corrected chi connectivity index (χ3v) is 1.75. The van der Waals surface area contributed by atoms with Crippen LogP contribution in [0.4, 0.5) is 0 Å². The van der Waals surface area contributed by atoms with E-state index in [4.69, 9.17) is 0 Å². The summed E-state index contributed by atoms with van der Waals surface area (Å²) in [5.74, 6) is 0. The van der Waals surface area contributed by atoms with Crippen molar-refractivity contribution in [1.29, 1.82) is 0 Å². The maximum Gasteiger partial charge on any atom is 0.106 e. The molecule has 0 bridgehead atoms. The first-order valence-electron chi connectivity index (χ1n) is 2.99. The normalized spacial score (nSPS) is 9.40. The van der Waals surface area contributed by atoms with Gasteiger partial charge in [-0.3, -0.25) is 0 Å². The van der Waals surface area contributed by atoms with E-state index in [1.807, 2.05) is 19.1 Å². The van der Waals surface area contributed by atoms with Crippen molar-refractivity contribution in [3.8, 4) is 0 Å². The van der Waals surface area contributed by atoms with E-state index in [2.05, 4.69) is 27.5 Å². The minimum absolute atomic E-state index is 0.871. The SMILES string of the molecule is C=Cc1ccc(Br)nc1C. The molecule has 52 valence electrons. The van der Waals surface area contributed by atoms with Gasteiger partial charge in [0.1, 0.15) is 4.60 Å². The van der Waals surface area contributed by atoms with Crippen LogP contribution in [0.15, 0.2) is 23.3 Å². The molecule has 1 rings (SSSR count). The fourth-order valence-electron chi connectivity index (χ4n) is 0.757. The van der Waals surface area contributed by atoms with Crippen molar-refractivity contribution in [3.63, 3.8) is 0 Å². The van der Waals surface area contributed by atoms with Crippen LogP contribution in [-0.2, 0) is 0 Å². The number of hydrogen-bond acceptors (Lipinski definition) is 1. The molecular formula is C8H8BrN. The zero-order valence-electron chi connectivity index (χ0n) is 5.76. The summed E-state index contributed by atoms with van der Waals surface area (Å²) in [5, 5.41) is 0. The number of halogens is 1. The fraction of sp³-hybridized carbons (Fsp3) is 0.125. The molecule has 1 aromatic heterocycles. The van der Waals surface area contributed by atoms with Crippen LogP contribution in [0.5, 0.6) is 0 Å². The molecule has 2 heteroatoms. The smallest absolute Gasteiger partial charge is 0.106 e. The molecule has 1 heterocycles. The lowest BCUT2D eigenvalue weighted by atomic mass is 10.2. The average molecular weight is 198 g/mol. The van der Waals surface area contributed by atoms with Crippen molar-refractivity contribution in [2.45, 2.75) is 6.92 Å². The lowest BCUT2D eigenvalue weighted by molar-refractivity contribution is 1.16. The minimum Gasteiger partial charge on any atom is -0.246 e. The highest BCUT2D eigenvalue weighted by Crippen LogP contribution is 2.11. The Balaban J connectivity index is 3.19. The maximum absolute atomic E-state index is 4.19. The van der Waals surface area contributed by atoms with E-state index in [0.29, 0.717) is 0 Å². The van der Waals surface area contributed by atoms with Crippen LogP contribution in [0, 0.1) is 6.92 Å². The summed E-state index contributed by atoms with van der Waals surface area (Å²) in [6.07, 6.45) is 1.80. The van der Waals surface area contributed by atoms with Crippen molar-refractivity contribution in [1.82, 2.24) is 4.98 Å². The van der Waals surface area contributed by atoms with E-state index in [-0.39, 0.29) is 0 Å². The standard InChI is InChI=1S/C8H8BrN/c1-3-7-4-5-8(9)10-6(7)2/h3-5H,1H2,2H3. The molecule has 10 heavy (non-hydrogen) atoms. The molecule has 0 saturated carbocycles. The second-order valence-electron chi connectivity index (χ2n) is 2.01. The minimum atomic E-state index is 0.871. The molecule has 1 nitrogen and oxygen atoms in total. The van der Waals surface area contributed by atoms with Crippen molar-refractivity contribution in [2.75, 3.05) is 0 Å². The van der Waals surface area contributed by atoms with Crippen LogP contribution in [0.1, 0.15) is 11.3 Å². The van der Waals surface area contributed by atoms with Crippen molar-refractivity contribution in [2.24, 2.45) is 0 Å². The van der Waals surface area contributed by atoms with Crippen LogP contribution >= 0.6 is 15.9 Å². The van der Waals surface area contributed by atoms with Crippen LogP contribution in [0.25, 0.3) is 6.08 Å². The molecule has 0 fully saturated rings. The average Bonchev–Trinajstić information content (AvgIpc) is 1.88. The molecule has 0 aromatic carbocycles. The highest BCUT2D eigenvalue weighted by Gasteiger charge is 1.93. The molecule has 0 atom stereocenters. The fourth-order valence-corrected chi connectivity index (χ4v) is 1.16. The Bertz CT molecular complexity index is 255. The Hall–Kier alpha value is -0.630. The molecule has 0 aliphatic rings. The number of aromatic nitrogens is 1. The first-order valence-corrected chi connectivity index (χ1v) is 3.79. The zero-order chi connectivity index (χ0) is 7.56. The molecule has 0 N–H and O–H groups in total. The van der Waals surface area contributed by atoms with Crippen molar-refractivity contribution >= 4 is 22.0 Å². The van der Waals surface area contributed by atoms with Gasteiger partial charge in [-0.15, -0.1) is 0 Å². The summed E-state index contributed by atoms with van der Waals surface area (Å²) in [6.45, 7) is 5.63. The lowest BCUT2D eigenvalue weighted by Crippen LogP contribution is -1.85. The second kappa shape index (κ2) is 2.97. The first kappa shape index (κ1) is 7.48. The zero-order valence-corrected chi connectivity index (χ0v) is 7.35. The highest BCUT2D eigenvalue weighted by atomic mass is 79.9. The summed E-state index contributed by atoms with van der Waals surface area (Å²) in [7, 11) is 0. The molecular weight excluding hydrogens is 190 g/mol. The van der Waals surface area contributed by atoms with Gasteiger partial charge in [0.2, 0.25) is 0 Å². The molecule has 0 unspecified atom stereocenters. The molecule has 0 spiro atoms. The molecule has 0 aliphatic carbocycles. The Morgan fingerprint density at radius 2 is 2.30 bits per heavy atom. The number of pyridine rings is 1. The maximum atomic E-state index is 4.19. The predicted octanol–water partition coefficient (Wildman–Crippen LogP) is 2.80. The summed E-state index contributed by atoms with van der Waals surface area (Å²) >= 11 is 3.28. The first-order chi connectivity index (χ1) is 4.74. The van der Waals surface area contributed by atoms with Crippen molar-refractivity contribution in [3.05, 3.63) is 34.6 Å². The predicted molar refractivity (Wildman–Crippen MR) is 46.8 cm³/mol. The lowest BCUT2D eigenvalue weighted by Gasteiger charge is -1.97. The van der Waals surface area contributed by atoms with E-state index in [1.54, 1.807) is 6.08 Å². The largest absolute Gasteiger partial charge is 0.246 e. The van der Waals surface area contributed by atoms with E-state index in [9.17, 15) is 0 Å². The molecule has 0 radical (unpaired) electrons. The van der Waals surface area contributed by atoms with E-state index >= 15 is 0 Å². The Morgan fingerprint density at radius 1 is 1.60 bits per heavy atom. The van der Waals surface area contributed by atoms with E-state index in [1.165, 1.54) is 0 Å². The Morgan fingerprint density at radius 3 is 2.80 bits per heavy atom. The third kappa shape index (κ3) is 1.45. The number of hydrogen-bond donors (Lipinski definition) is 0. The van der Waals surface area contributed by atoms with E-state index < -0.39 is 0 Å². The number of nitrogens with zero attached hydrogens (tertiary/aromatic N) is 1.